The lowest BCUT2D eigenvalue weighted by atomic mass is 9.51. The lowest BCUT2D eigenvalue weighted by Crippen LogP contribution is -2.69. The van der Waals surface area contributed by atoms with Gasteiger partial charge in [-0.1, -0.05) is 13.8 Å². The van der Waals surface area contributed by atoms with Crippen molar-refractivity contribution in [3.63, 3.8) is 0 Å². The van der Waals surface area contributed by atoms with Gasteiger partial charge in [0.25, 0.3) is 5.79 Å². The van der Waals surface area contributed by atoms with E-state index in [2.05, 4.69) is 0 Å². The quantitative estimate of drug-likeness (QED) is 0.493. The minimum absolute atomic E-state index is 0.0866. The molecule has 30 heavy (non-hydrogen) atoms. The van der Waals surface area contributed by atoms with E-state index in [9.17, 15) is 24.0 Å². The maximum Gasteiger partial charge on any atom is 0.337 e. The molecule has 0 aromatic carbocycles. The predicted octanol–water partition coefficient (Wildman–Crippen LogP) is 1.62. The molecule has 1 aliphatic heterocycles. The first-order chi connectivity index (χ1) is 13.8. The highest BCUT2D eigenvalue weighted by Crippen LogP contribution is 2.62. The first kappa shape index (κ1) is 22.0. The van der Waals surface area contributed by atoms with Crippen LogP contribution in [0.4, 0.5) is 0 Å². The van der Waals surface area contributed by atoms with Crippen molar-refractivity contribution in [3.8, 4) is 0 Å². The van der Waals surface area contributed by atoms with Crippen molar-refractivity contribution >= 4 is 29.7 Å². The van der Waals surface area contributed by atoms with Crippen LogP contribution >= 0.6 is 0 Å². The Morgan fingerprint density at radius 1 is 1.03 bits per heavy atom. The molecule has 6 atom stereocenters. The van der Waals surface area contributed by atoms with Gasteiger partial charge in [-0.25, -0.2) is 4.79 Å². The second-order valence-corrected chi connectivity index (χ2v) is 8.49. The van der Waals surface area contributed by atoms with E-state index in [-0.39, 0.29) is 29.8 Å². The summed E-state index contributed by atoms with van der Waals surface area (Å²) in [4.78, 5) is 61.3. The molecule has 0 unspecified atom stereocenters. The Kier molecular flexibility index (Phi) is 5.28. The van der Waals surface area contributed by atoms with E-state index >= 15 is 0 Å². The van der Waals surface area contributed by atoms with Crippen LogP contribution in [0.5, 0.6) is 0 Å². The molecule has 0 aromatic heterocycles. The third kappa shape index (κ3) is 3.11. The first-order valence-electron chi connectivity index (χ1n) is 9.86. The highest BCUT2D eigenvalue weighted by molar-refractivity contribution is 5.94. The number of rotatable bonds is 3. The predicted molar refractivity (Wildman–Crippen MR) is 99.4 cm³/mol. The lowest BCUT2D eigenvalue weighted by Gasteiger charge is -2.58. The average molecular weight is 422 g/mol. The molecule has 0 aromatic rings. The van der Waals surface area contributed by atoms with Gasteiger partial charge in [0.2, 0.25) is 0 Å². The molecule has 2 saturated carbocycles. The molecule has 164 valence electrons. The van der Waals surface area contributed by atoms with Crippen molar-refractivity contribution in [1.29, 1.82) is 0 Å². The third-order valence-electron chi connectivity index (χ3n) is 6.46. The van der Waals surface area contributed by atoms with Gasteiger partial charge >= 0.3 is 23.9 Å². The van der Waals surface area contributed by atoms with E-state index < -0.39 is 59.1 Å². The summed E-state index contributed by atoms with van der Waals surface area (Å²) in [5, 5.41) is 0. The van der Waals surface area contributed by atoms with E-state index in [1.807, 2.05) is 0 Å². The Hall–Kier alpha value is -2.71. The summed E-state index contributed by atoms with van der Waals surface area (Å²) in [5.74, 6) is -6.27. The number of Topliss-reactive ketones (excluding diaryl/α,β-unsaturated/α-hetero) is 1. The van der Waals surface area contributed by atoms with Gasteiger partial charge in [-0.15, -0.1) is 0 Å². The van der Waals surface area contributed by atoms with Crippen LogP contribution in [-0.4, -0.2) is 47.7 Å². The largest absolute Gasteiger partial charge is 0.458 e. The SMILES string of the molecule is CC(=O)O[C@H]1C2=C(C)C(=O)O[C@@]2(OC(C)=O)[C@H]2[C@H](C)C(=O)CC[C@]2(C)[C@H]1OC(C)=O. The number of fused-ring (bicyclic) bond motifs is 3. The minimum atomic E-state index is -1.92. The van der Waals surface area contributed by atoms with Gasteiger partial charge in [-0.2, -0.15) is 0 Å². The molecule has 2 fully saturated rings. The fraction of sp³-hybridized carbons (Fsp3) is 0.667. The van der Waals surface area contributed by atoms with E-state index in [4.69, 9.17) is 18.9 Å². The van der Waals surface area contributed by atoms with Crippen LogP contribution in [0.15, 0.2) is 11.1 Å². The summed E-state index contributed by atoms with van der Waals surface area (Å²) in [6.45, 7) is 8.49. The molecule has 0 saturated heterocycles. The van der Waals surface area contributed by atoms with Crippen LogP contribution in [0.25, 0.3) is 0 Å². The molecule has 0 amide bonds. The molecule has 0 N–H and O–H groups in total. The zero-order chi connectivity index (χ0) is 22.6. The van der Waals surface area contributed by atoms with Gasteiger partial charge in [0.1, 0.15) is 11.9 Å². The third-order valence-corrected chi connectivity index (χ3v) is 6.46. The Morgan fingerprint density at radius 2 is 1.63 bits per heavy atom. The zero-order valence-electron chi connectivity index (χ0n) is 17.9. The number of carbonyl (C=O) groups excluding carboxylic acids is 5. The van der Waals surface area contributed by atoms with Crippen LogP contribution in [0, 0.1) is 17.3 Å². The first-order valence-corrected chi connectivity index (χ1v) is 9.86. The standard InChI is InChI=1S/C21H26O9/c1-9-14(25)7-8-20(6)17(9)21(29-13(5)24)15(10(2)19(26)30-21)16(27-11(3)22)18(20)28-12(4)23/h9,16-18H,7-8H2,1-6H3/t9-,16+,17+,18+,20+,21-/m1/s1. The summed E-state index contributed by atoms with van der Waals surface area (Å²) in [6, 6.07) is 0. The fourth-order valence-corrected chi connectivity index (χ4v) is 5.42. The van der Waals surface area contributed by atoms with E-state index in [1.165, 1.54) is 27.7 Å². The Morgan fingerprint density at radius 3 is 2.17 bits per heavy atom. The van der Waals surface area contributed by atoms with Gasteiger partial charge in [-0.05, 0) is 13.3 Å². The highest BCUT2D eigenvalue weighted by atomic mass is 16.7. The molecular formula is C21H26O9. The van der Waals surface area contributed by atoms with Crippen molar-refractivity contribution in [2.75, 3.05) is 0 Å². The molecule has 3 aliphatic rings. The minimum Gasteiger partial charge on any atom is -0.458 e. The van der Waals surface area contributed by atoms with Crippen LogP contribution in [0.1, 0.15) is 54.4 Å². The topological polar surface area (TPSA) is 122 Å². The smallest absolute Gasteiger partial charge is 0.337 e. The number of hydrogen-bond acceptors (Lipinski definition) is 9. The van der Waals surface area contributed by atoms with Crippen LogP contribution in [0.2, 0.25) is 0 Å². The number of esters is 4. The van der Waals surface area contributed by atoms with Gasteiger partial charge in [0.05, 0.1) is 11.5 Å². The molecular weight excluding hydrogens is 396 g/mol. The maximum atomic E-state index is 12.7. The number of hydrogen-bond donors (Lipinski definition) is 0. The summed E-state index contributed by atoms with van der Waals surface area (Å²) >= 11 is 0. The monoisotopic (exact) mass is 422 g/mol. The van der Waals surface area contributed by atoms with Crippen LogP contribution < -0.4 is 0 Å². The summed E-state index contributed by atoms with van der Waals surface area (Å²) in [7, 11) is 0. The molecule has 2 aliphatic carbocycles. The Balaban J connectivity index is 2.34. The molecule has 0 bridgehead atoms. The fourth-order valence-electron chi connectivity index (χ4n) is 5.42. The van der Waals surface area contributed by atoms with Crippen molar-refractivity contribution < 1.29 is 42.9 Å². The molecule has 0 spiro atoms. The highest BCUT2D eigenvalue weighted by Gasteiger charge is 2.73. The number of ether oxygens (including phenoxy) is 4. The zero-order valence-corrected chi connectivity index (χ0v) is 17.9. The number of carbonyl (C=O) groups is 5. The summed E-state index contributed by atoms with van der Waals surface area (Å²) < 4.78 is 22.5. The normalized spacial score (nSPS) is 37.7. The van der Waals surface area contributed by atoms with Crippen LogP contribution in [0.3, 0.4) is 0 Å². The average Bonchev–Trinajstić information content (AvgIpc) is 2.84. The summed E-state index contributed by atoms with van der Waals surface area (Å²) in [5.41, 5.74) is -0.789. The second kappa shape index (κ2) is 7.21. The van der Waals surface area contributed by atoms with Crippen LogP contribution in [-0.2, 0) is 42.9 Å². The van der Waals surface area contributed by atoms with Crippen molar-refractivity contribution in [2.24, 2.45) is 17.3 Å². The van der Waals surface area contributed by atoms with Crippen molar-refractivity contribution in [1.82, 2.24) is 0 Å². The van der Waals surface area contributed by atoms with Crippen molar-refractivity contribution in [2.45, 2.75) is 72.4 Å². The van der Waals surface area contributed by atoms with Gasteiger partial charge < -0.3 is 18.9 Å². The van der Waals surface area contributed by atoms with Gasteiger partial charge in [-0.3, -0.25) is 19.2 Å². The molecule has 3 rings (SSSR count). The number of ketones is 1. The van der Waals surface area contributed by atoms with E-state index in [0.717, 1.165) is 0 Å². The molecule has 0 radical (unpaired) electrons. The van der Waals surface area contributed by atoms with E-state index in [1.54, 1.807) is 13.8 Å². The molecule has 9 nitrogen and oxygen atoms in total. The van der Waals surface area contributed by atoms with Gasteiger partial charge in [0.15, 0.2) is 6.10 Å². The molecule has 9 heteroatoms. The maximum absolute atomic E-state index is 12.7. The van der Waals surface area contributed by atoms with E-state index in [0.29, 0.717) is 0 Å². The molecule has 1 heterocycles. The Labute approximate surface area is 174 Å². The Bertz CT molecular complexity index is 872. The lowest BCUT2D eigenvalue weighted by molar-refractivity contribution is -0.283. The van der Waals surface area contributed by atoms with Crippen molar-refractivity contribution in [3.05, 3.63) is 11.1 Å². The second-order valence-electron chi connectivity index (χ2n) is 8.49. The van der Waals surface area contributed by atoms with Gasteiger partial charge in [0, 0.05) is 44.1 Å². The summed E-state index contributed by atoms with van der Waals surface area (Å²) in [6.07, 6.45) is -1.74.